The number of para-hydroxylation sites is 1. The number of nitrogens with zero attached hydrogens (tertiary/aromatic N) is 1. The van der Waals surface area contributed by atoms with E-state index in [1.54, 1.807) is 0 Å². The van der Waals surface area contributed by atoms with Crippen LogP contribution in [0.2, 0.25) is 0 Å². The number of piperidine rings is 1. The van der Waals surface area contributed by atoms with Crippen molar-refractivity contribution in [2.75, 3.05) is 30.3 Å². The lowest BCUT2D eigenvalue weighted by Crippen LogP contribution is -2.35. The van der Waals surface area contributed by atoms with Gasteiger partial charge in [-0.15, -0.1) is 0 Å². The van der Waals surface area contributed by atoms with E-state index in [1.807, 2.05) is 25.1 Å². The lowest BCUT2D eigenvalue weighted by molar-refractivity contribution is 0.0527. The first-order valence-corrected chi connectivity index (χ1v) is 7.97. The number of carbonyl (C=O) groups is 1. The summed E-state index contributed by atoms with van der Waals surface area (Å²) in [6.07, 6.45) is 4.88. The number of esters is 1. The number of rotatable bonds is 5. The summed E-state index contributed by atoms with van der Waals surface area (Å²) in [5.74, 6) is 0.526. The van der Waals surface area contributed by atoms with Gasteiger partial charge in [-0.1, -0.05) is 25.8 Å². The highest BCUT2D eigenvalue weighted by Gasteiger charge is 2.24. The molecule has 1 fully saturated rings. The molecular formula is C17H26N2O2. The Balaban J connectivity index is 2.18. The van der Waals surface area contributed by atoms with Crippen LogP contribution in [-0.2, 0) is 4.74 Å². The molecule has 4 heteroatoms. The maximum Gasteiger partial charge on any atom is 0.340 e. The SMILES string of the molecule is CCCC1CCN(c2c(N)cccc2C(=O)OCC)CC1. The number of hydrogen-bond donors (Lipinski definition) is 1. The molecule has 4 nitrogen and oxygen atoms in total. The van der Waals surface area contributed by atoms with Crippen LogP contribution in [0, 0.1) is 5.92 Å². The Morgan fingerprint density at radius 1 is 1.33 bits per heavy atom. The highest BCUT2D eigenvalue weighted by molar-refractivity contribution is 5.99. The molecule has 0 bridgehead atoms. The molecule has 21 heavy (non-hydrogen) atoms. The molecule has 2 rings (SSSR count). The predicted octanol–water partition coefficient (Wildman–Crippen LogP) is 3.46. The molecule has 1 aromatic rings. The van der Waals surface area contributed by atoms with E-state index >= 15 is 0 Å². The second-order valence-electron chi connectivity index (χ2n) is 5.68. The first kappa shape index (κ1) is 15.7. The molecule has 0 amide bonds. The van der Waals surface area contributed by atoms with E-state index in [4.69, 9.17) is 10.5 Å². The number of hydrogen-bond acceptors (Lipinski definition) is 4. The first-order chi connectivity index (χ1) is 10.2. The van der Waals surface area contributed by atoms with Crippen LogP contribution in [0.25, 0.3) is 0 Å². The van der Waals surface area contributed by atoms with E-state index in [2.05, 4.69) is 11.8 Å². The van der Waals surface area contributed by atoms with Crippen LogP contribution in [0.1, 0.15) is 49.9 Å². The summed E-state index contributed by atoms with van der Waals surface area (Å²) in [6.45, 7) is 6.36. The van der Waals surface area contributed by atoms with Crippen LogP contribution in [-0.4, -0.2) is 25.7 Å². The number of benzene rings is 1. The van der Waals surface area contributed by atoms with Gasteiger partial charge in [0, 0.05) is 13.1 Å². The number of nitrogens with two attached hydrogens (primary N) is 1. The number of anilines is 2. The average Bonchev–Trinajstić information content (AvgIpc) is 2.48. The summed E-state index contributed by atoms with van der Waals surface area (Å²) in [5.41, 5.74) is 8.23. The van der Waals surface area contributed by atoms with Crippen LogP contribution in [0.15, 0.2) is 18.2 Å². The minimum atomic E-state index is -0.282. The molecule has 2 N–H and O–H groups in total. The highest BCUT2D eigenvalue weighted by atomic mass is 16.5. The van der Waals surface area contributed by atoms with Crippen molar-refractivity contribution in [3.8, 4) is 0 Å². The molecule has 0 unspecified atom stereocenters. The van der Waals surface area contributed by atoms with Crippen LogP contribution in [0.4, 0.5) is 11.4 Å². The molecule has 1 heterocycles. The van der Waals surface area contributed by atoms with Gasteiger partial charge in [-0.3, -0.25) is 0 Å². The van der Waals surface area contributed by atoms with Gasteiger partial charge in [0.25, 0.3) is 0 Å². The fourth-order valence-electron chi connectivity index (χ4n) is 3.14. The molecule has 0 radical (unpaired) electrons. The zero-order valence-corrected chi connectivity index (χ0v) is 13.1. The second-order valence-corrected chi connectivity index (χ2v) is 5.68. The van der Waals surface area contributed by atoms with Crippen LogP contribution >= 0.6 is 0 Å². The van der Waals surface area contributed by atoms with Gasteiger partial charge in [0.05, 0.1) is 23.5 Å². The third kappa shape index (κ3) is 3.69. The van der Waals surface area contributed by atoms with Gasteiger partial charge < -0.3 is 15.4 Å². The van der Waals surface area contributed by atoms with E-state index < -0.39 is 0 Å². The first-order valence-electron chi connectivity index (χ1n) is 7.97. The summed E-state index contributed by atoms with van der Waals surface area (Å²) in [5, 5.41) is 0. The van der Waals surface area contributed by atoms with Crippen molar-refractivity contribution in [2.24, 2.45) is 5.92 Å². The summed E-state index contributed by atoms with van der Waals surface area (Å²) >= 11 is 0. The summed E-state index contributed by atoms with van der Waals surface area (Å²) in [4.78, 5) is 14.4. The number of ether oxygens (including phenoxy) is 1. The van der Waals surface area contributed by atoms with Crippen molar-refractivity contribution in [2.45, 2.75) is 39.5 Å². The van der Waals surface area contributed by atoms with Gasteiger partial charge in [-0.25, -0.2) is 4.79 Å². The maximum absolute atomic E-state index is 12.1. The van der Waals surface area contributed by atoms with Gasteiger partial charge in [0.1, 0.15) is 0 Å². The molecule has 0 spiro atoms. The summed E-state index contributed by atoms with van der Waals surface area (Å²) in [7, 11) is 0. The standard InChI is InChI=1S/C17H26N2O2/c1-3-6-13-9-11-19(12-10-13)16-14(17(20)21-4-2)7-5-8-15(16)18/h5,7-8,13H,3-4,6,9-12,18H2,1-2H3. The van der Waals surface area contributed by atoms with Crippen molar-refractivity contribution >= 4 is 17.3 Å². The molecule has 1 aliphatic heterocycles. The monoisotopic (exact) mass is 290 g/mol. The molecule has 1 aromatic carbocycles. The van der Waals surface area contributed by atoms with E-state index in [1.165, 1.54) is 25.7 Å². The van der Waals surface area contributed by atoms with Gasteiger partial charge in [0.2, 0.25) is 0 Å². The van der Waals surface area contributed by atoms with E-state index in [0.717, 1.165) is 24.7 Å². The summed E-state index contributed by atoms with van der Waals surface area (Å²) in [6, 6.07) is 5.48. The molecule has 0 aliphatic carbocycles. The molecule has 0 aromatic heterocycles. The maximum atomic E-state index is 12.1. The Morgan fingerprint density at radius 2 is 2.05 bits per heavy atom. The van der Waals surface area contributed by atoms with E-state index in [9.17, 15) is 4.79 Å². The fourth-order valence-corrected chi connectivity index (χ4v) is 3.14. The molecular weight excluding hydrogens is 264 g/mol. The smallest absolute Gasteiger partial charge is 0.340 e. The van der Waals surface area contributed by atoms with Crippen molar-refractivity contribution in [1.29, 1.82) is 0 Å². The lowest BCUT2D eigenvalue weighted by Gasteiger charge is -2.35. The minimum Gasteiger partial charge on any atom is -0.462 e. The van der Waals surface area contributed by atoms with Gasteiger partial charge in [-0.05, 0) is 37.8 Å². The largest absolute Gasteiger partial charge is 0.462 e. The Kier molecular flexibility index (Phi) is 5.48. The second kappa shape index (κ2) is 7.34. The Morgan fingerprint density at radius 3 is 2.67 bits per heavy atom. The zero-order chi connectivity index (χ0) is 15.2. The average molecular weight is 290 g/mol. The molecule has 0 atom stereocenters. The van der Waals surface area contributed by atoms with Crippen molar-refractivity contribution in [1.82, 2.24) is 0 Å². The highest BCUT2D eigenvalue weighted by Crippen LogP contribution is 2.33. The topological polar surface area (TPSA) is 55.6 Å². The van der Waals surface area contributed by atoms with E-state index in [-0.39, 0.29) is 5.97 Å². The number of carbonyl (C=O) groups excluding carboxylic acids is 1. The van der Waals surface area contributed by atoms with Crippen LogP contribution < -0.4 is 10.6 Å². The van der Waals surface area contributed by atoms with Crippen LogP contribution in [0.3, 0.4) is 0 Å². The Labute approximate surface area is 127 Å². The van der Waals surface area contributed by atoms with Gasteiger partial charge in [-0.2, -0.15) is 0 Å². The molecule has 1 aliphatic rings. The summed E-state index contributed by atoms with van der Waals surface area (Å²) < 4.78 is 5.15. The van der Waals surface area contributed by atoms with Crippen molar-refractivity contribution in [3.05, 3.63) is 23.8 Å². The quantitative estimate of drug-likeness (QED) is 0.666. The third-order valence-electron chi connectivity index (χ3n) is 4.19. The van der Waals surface area contributed by atoms with Crippen LogP contribution in [0.5, 0.6) is 0 Å². The van der Waals surface area contributed by atoms with Gasteiger partial charge in [0.15, 0.2) is 0 Å². The Hall–Kier alpha value is -1.71. The predicted molar refractivity (Wildman–Crippen MR) is 86.7 cm³/mol. The molecule has 1 saturated heterocycles. The van der Waals surface area contributed by atoms with E-state index in [0.29, 0.717) is 17.9 Å². The molecule has 0 saturated carbocycles. The molecule has 116 valence electrons. The lowest BCUT2D eigenvalue weighted by atomic mass is 9.92. The van der Waals surface area contributed by atoms with Crippen molar-refractivity contribution in [3.63, 3.8) is 0 Å². The Bertz CT molecular complexity index is 480. The van der Waals surface area contributed by atoms with Gasteiger partial charge >= 0.3 is 5.97 Å². The normalized spacial score (nSPS) is 16.0. The minimum absolute atomic E-state index is 0.282. The zero-order valence-electron chi connectivity index (χ0n) is 13.1. The fraction of sp³-hybridized carbons (Fsp3) is 0.588. The van der Waals surface area contributed by atoms with Crippen molar-refractivity contribution < 1.29 is 9.53 Å². The third-order valence-corrected chi connectivity index (χ3v) is 4.19. The number of nitrogen functional groups attached to an aromatic ring is 1.